The monoisotopic (exact) mass is 328 g/mol. The van der Waals surface area contributed by atoms with E-state index < -0.39 is 18.0 Å². The number of Topliss-reactive ketones (excluding diaryl/α,β-unsaturated/α-hetero) is 1. The fourth-order valence-corrected chi connectivity index (χ4v) is 3.05. The van der Waals surface area contributed by atoms with Crippen LogP contribution in [0.5, 0.6) is 0 Å². The van der Waals surface area contributed by atoms with Gasteiger partial charge in [0, 0.05) is 11.4 Å². The van der Waals surface area contributed by atoms with Crippen LogP contribution in [-0.2, 0) is 22.4 Å². The molecular weight excluding hydrogens is 312 g/mol. The van der Waals surface area contributed by atoms with Gasteiger partial charge >= 0.3 is 0 Å². The van der Waals surface area contributed by atoms with E-state index >= 15 is 0 Å². The number of hydrogen-bond donors (Lipinski definition) is 2. The zero-order valence-electron chi connectivity index (χ0n) is 12.5. The third-order valence-electron chi connectivity index (χ3n) is 4.12. The summed E-state index contributed by atoms with van der Waals surface area (Å²) < 4.78 is 0. The third-order valence-corrected chi connectivity index (χ3v) is 4.37. The molecule has 2 atom stereocenters. The predicted octanol–water partition coefficient (Wildman–Crippen LogP) is 2.19. The summed E-state index contributed by atoms with van der Waals surface area (Å²) in [6, 6.07) is 13.8. The number of carbonyl (C=O) groups excluding carboxylic acids is 2. The number of nitrogens with one attached hydrogen (secondary N) is 1. The van der Waals surface area contributed by atoms with Gasteiger partial charge in [-0.2, -0.15) is 0 Å². The Hall–Kier alpha value is -2.17. The van der Waals surface area contributed by atoms with E-state index in [1.54, 1.807) is 12.1 Å². The van der Waals surface area contributed by atoms with Crippen LogP contribution in [0.25, 0.3) is 0 Å². The molecule has 1 aliphatic heterocycles. The van der Waals surface area contributed by atoms with Crippen LogP contribution in [0.3, 0.4) is 0 Å². The summed E-state index contributed by atoms with van der Waals surface area (Å²) in [5.74, 6) is -0.436. The van der Waals surface area contributed by atoms with Crippen molar-refractivity contribution in [3.8, 4) is 0 Å². The van der Waals surface area contributed by atoms with Crippen molar-refractivity contribution < 1.29 is 9.59 Å². The zero-order valence-corrected chi connectivity index (χ0v) is 13.2. The highest BCUT2D eigenvalue weighted by Gasteiger charge is 2.32. The molecule has 1 amide bonds. The molecule has 1 heterocycles. The van der Waals surface area contributed by atoms with Crippen molar-refractivity contribution in [2.45, 2.75) is 24.9 Å². The van der Waals surface area contributed by atoms with Gasteiger partial charge in [0.2, 0.25) is 5.91 Å². The Kier molecular flexibility index (Phi) is 4.46. The summed E-state index contributed by atoms with van der Waals surface area (Å²) in [6.07, 6.45) is 0.783. The largest absolute Gasteiger partial charge is 0.368 e. The number of carbonyl (C=O) groups is 2. The second-order valence-electron chi connectivity index (χ2n) is 5.73. The number of amides is 1. The third kappa shape index (κ3) is 3.44. The van der Waals surface area contributed by atoms with Crippen molar-refractivity contribution in [2.75, 3.05) is 0 Å². The predicted molar refractivity (Wildman–Crippen MR) is 89.2 cm³/mol. The minimum absolute atomic E-state index is 0.00530. The molecule has 3 N–H and O–H groups in total. The number of benzene rings is 2. The first kappa shape index (κ1) is 15.7. The lowest BCUT2D eigenvalue weighted by molar-refractivity contribution is -0.123. The summed E-state index contributed by atoms with van der Waals surface area (Å²) in [5.41, 5.74) is 8.23. The maximum Gasteiger partial charge on any atom is 0.234 e. The zero-order chi connectivity index (χ0) is 16.4. The van der Waals surface area contributed by atoms with Crippen molar-refractivity contribution in [1.82, 2.24) is 5.32 Å². The van der Waals surface area contributed by atoms with Crippen LogP contribution in [0.1, 0.15) is 22.7 Å². The maximum absolute atomic E-state index is 12.7. The molecule has 0 aromatic heterocycles. The Labute approximate surface area is 139 Å². The molecule has 118 valence electrons. The van der Waals surface area contributed by atoms with Crippen LogP contribution >= 0.6 is 11.6 Å². The van der Waals surface area contributed by atoms with Crippen molar-refractivity contribution in [2.24, 2.45) is 5.73 Å². The number of ketones is 1. The molecule has 0 spiro atoms. The van der Waals surface area contributed by atoms with Gasteiger partial charge in [0.15, 0.2) is 5.78 Å². The van der Waals surface area contributed by atoms with E-state index in [1.807, 2.05) is 36.4 Å². The van der Waals surface area contributed by atoms with E-state index in [-0.39, 0.29) is 12.2 Å². The molecule has 3 rings (SSSR count). The molecule has 2 unspecified atom stereocenters. The molecule has 0 fully saturated rings. The van der Waals surface area contributed by atoms with Crippen molar-refractivity contribution in [3.05, 3.63) is 70.2 Å². The van der Waals surface area contributed by atoms with Gasteiger partial charge in [-0.05, 0) is 35.2 Å². The van der Waals surface area contributed by atoms with E-state index in [9.17, 15) is 9.59 Å². The number of nitrogens with two attached hydrogens (primary N) is 1. The van der Waals surface area contributed by atoms with Gasteiger partial charge in [0.05, 0.1) is 12.1 Å². The maximum atomic E-state index is 12.7. The van der Waals surface area contributed by atoms with Crippen LogP contribution in [0.15, 0.2) is 48.5 Å². The van der Waals surface area contributed by atoms with E-state index in [0.29, 0.717) is 11.4 Å². The Morgan fingerprint density at radius 2 is 1.83 bits per heavy atom. The Morgan fingerprint density at radius 1 is 1.13 bits per heavy atom. The van der Waals surface area contributed by atoms with Gasteiger partial charge in [-0.3, -0.25) is 14.9 Å². The molecule has 4 nitrogen and oxygen atoms in total. The lowest BCUT2D eigenvalue weighted by Gasteiger charge is -2.30. The van der Waals surface area contributed by atoms with Crippen molar-refractivity contribution in [1.29, 1.82) is 0 Å². The summed E-state index contributed by atoms with van der Waals surface area (Å²) in [6.45, 7) is 0. The number of fused-ring (bicyclic) bond motifs is 1. The Balaban J connectivity index is 1.86. The summed E-state index contributed by atoms with van der Waals surface area (Å²) in [7, 11) is 0. The van der Waals surface area contributed by atoms with E-state index in [1.165, 1.54) is 0 Å². The second-order valence-corrected chi connectivity index (χ2v) is 6.16. The fourth-order valence-electron chi connectivity index (χ4n) is 2.93. The summed E-state index contributed by atoms with van der Waals surface area (Å²) in [4.78, 5) is 24.3. The van der Waals surface area contributed by atoms with E-state index in [4.69, 9.17) is 17.3 Å². The van der Waals surface area contributed by atoms with Crippen LogP contribution < -0.4 is 11.1 Å². The van der Waals surface area contributed by atoms with Gasteiger partial charge in [-0.25, -0.2) is 0 Å². The van der Waals surface area contributed by atoms with Gasteiger partial charge in [-0.1, -0.05) is 48.0 Å². The highest BCUT2D eigenvalue weighted by Crippen LogP contribution is 2.27. The Morgan fingerprint density at radius 3 is 2.52 bits per heavy atom. The first-order chi connectivity index (χ1) is 11.0. The minimum Gasteiger partial charge on any atom is -0.368 e. The first-order valence-electron chi connectivity index (χ1n) is 7.45. The topological polar surface area (TPSA) is 72.2 Å². The SMILES string of the molecule is NC(=O)C1Cc2ccccc2C(C(=O)Cc2ccc(Cl)cc2)N1. The molecule has 2 aromatic rings. The summed E-state index contributed by atoms with van der Waals surface area (Å²) in [5, 5.41) is 3.73. The molecule has 2 aromatic carbocycles. The van der Waals surface area contributed by atoms with Crippen LogP contribution in [-0.4, -0.2) is 17.7 Å². The Bertz CT molecular complexity index is 743. The average Bonchev–Trinajstić information content (AvgIpc) is 2.55. The van der Waals surface area contributed by atoms with E-state index in [2.05, 4.69) is 5.32 Å². The second kappa shape index (κ2) is 6.52. The molecule has 1 aliphatic rings. The molecule has 0 aliphatic carbocycles. The molecule has 5 heteroatoms. The molecular formula is C18H17ClN2O2. The van der Waals surface area contributed by atoms with Crippen LogP contribution in [0.4, 0.5) is 0 Å². The average molecular weight is 329 g/mol. The molecule has 23 heavy (non-hydrogen) atoms. The van der Waals surface area contributed by atoms with Gasteiger partial charge in [0.1, 0.15) is 0 Å². The fraction of sp³-hybridized carbons (Fsp3) is 0.222. The normalized spacial score (nSPS) is 19.9. The molecule has 0 radical (unpaired) electrons. The molecule has 0 bridgehead atoms. The minimum atomic E-state index is -0.524. The number of rotatable bonds is 4. The smallest absolute Gasteiger partial charge is 0.234 e. The lowest BCUT2D eigenvalue weighted by Crippen LogP contribution is -2.50. The number of primary amides is 1. The van der Waals surface area contributed by atoms with Gasteiger partial charge in [0.25, 0.3) is 0 Å². The number of halogens is 1. The standard InChI is InChI=1S/C18H17ClN2O2/c19-13-7-5-11(6-8-13)9-16(22)17-14-4-2-1-3-12(14)10-15(21-17)18(20)23/h1-8,15,17,21H,9-10H2,(H2,20,23). The van der Waals surface area contributed by atoms with E-state index in [0.717, 1.165) is 16.7 Å². The van der Waals surface area contributed by atoms with Crippen LogP contribution in [0.2, 0.25) is 5.02 Å². The lowest BCUT2D eigenvalue weighted by atomic mass is 9.86. The van der Waals surface area contributed by atoms with Crippen molar-refractivity contribution >= 4 is 23.3 Å². The molecule has 0 saturated carbocycles. The van der Waals surface area contributed by atoms with Gasteiger partial charge < -0.3 is 5.73 Å². The van der Waals surface area contributed by atoms with Crippen molar-refractivity contribution in [3.63, 3.8) is 0 Å². The quantitative estimate of drug-likeness (QED) is 0.903. The molecule has 0 saturated heterocycles. The van der Waals surface area contributed by atoms with Crippen LogP contribution in [0, 0.1) is 0 Å². The highest BCUT2D eigenvalue weighted by atomic mass is 35.5. The van der Waals surface area contributed by atoms with Gasteiger partial charge in [-0.15, -0.1) is 0 Å². The summed E-state index contributed by atoms with van der Waals surface area (Å²) >= 11 is 5.87. The number of hydrogen-bond acceptors (Lipinski definition) is 3. The first-order valence-corrected chi connectivity index (χ1v) is 7.82. The highest BCUT2D eigenvalue weighted by molar-refractivity contribution is 6.30.